The highest BCUT2D eigenvalue weighted by Gasteiger charge is 2.33. The SMILES string of the molecule is CCc1cc(N2C(=O)CC(=O)NC2=O)c(CC)s1. The molecule has 6 heteroatoms. The van der Waals surface area contributed by atoms with Gasteiger partial charge in [0.2, 0.25) is 11.8 Å². The smallest absolute Gasteiger partial charge is 0.277 e. The Balaban J connectivity index is 2.40. The van der Waals surface area contributed by atoms with Gasteiger partial charge in [0.1, 0.15) is 6.42 Å². The van der Waals surface area contributed by atoms with Crippen LogP contribution in [0.1, 0.15) is 30.0 Å². The van der Waals surface area contributed by atoms with Crippen LogP contribution in [0.3, 0.4) is 0 Å². The number of carbonyl (C=O) groups excluding carboxylic acids is 3. The van der Waals surface area contributed by atoms with Gasteiger partial charge in [-0.25, -0.2) is 9.69 Å². The average molecular weight is 266 g/mol. The van der Waals surface area contributed by atoms with Gasteiger partial charge in [-0.05, 0) is 18.9 Å². The van der Waals surface area contributed by atoms with E-state index < -0.39 is 17.8 Å². The average Bonchev–Trinajstić information content (AvgIpc) is 2.71. The van der Waals surface area contributed by atoms with Gasteiger partial charge in [0.15, 0.2) is 0 Å². The first-order valence-corrected chi connectivity index (χ1v) is 6.66. The molecule has 0 saturated carbocycles. The molecule has 4 amide bonds. The molecular weight excluding hydrogens is 252 g/mol. The van der Waals surface area contributed by atoms with E-state index in [0.29, 0.717) is 5.69 Å². The summed E-state index contributed by atoms with van der Waals surface area (Å²) in [7, 11) is 0. The first-order chi connectivity index (χ1) is 8.56. The second kappa shape index (κ2) is 4.89. The van der Waals surface area contributed by atoms with Crippen molar-refractivity contribution >= 4 is 34.9 Å². The molecule has 0 aromatic carbocycles. The van der Waals surface area contributed by atoms with Crippen LogP contribution in [-0.2, 0) is 22.4 Å². The van der Waals surface area contributed by atoms with Gasteiger partial charge in [-0.2, -0.15) is 0 Å². The molecule has 0 spiro atoms. The van der Waals surface area contributed by atoms with Gasteiger partial charge in [-0.1, -0.05) is 13.8 Å². The van der Waals surface area contributed by atoms with E-state index in [4.69, 9.17) is 0 Å². The molecule has 0 atom stereocenters. The molecule has 1 aromatic heterocycles. The lowest BCUT2D eigenvalue weighted by Gasteiger charge is -2.24. The maximum atomic E-state index is 11.8. The summed E-state index contributed by atoms with van der Waals surface area (Å²) in [5.74, 6) is -0.996. The molecule has 2 rings (SSSR count). The van der Waals surface area contributed by atoms with Gasteiger partial charge in [-0.3, -0.25) is 14.9 Å². The number of amides is 4. The molecule has 0 bridgehead atoms. The zero-order valence-corrected chi connectivity index (χ0v) is 11.1. The number of hydrogen-bond donors (Lipinski definition) is 1. The highest BCUT2D eigenvalue weighted by molar-refractivity contribution is 7.12. The highest BCUT2D eigenvalue weighted by Crippen LogP contribution is 2.32. The number of carbonyl (C=O) groups is 3. The number of rotatable bonds is 3. The fourth-order valence-electron chi connectivity index (χ4n) is 1.88. The molecule has 1 aromatic rings. The topological polar surface area (TPSA) is 66.5 Å². The Bertz CT molecular complexity index is 501. The lowest BCUT2D eigenvalue weighted by atomic mass is 10.2. The number of barbiturate groups is 1. The third-order valence-corrected chi connectivity index (χ3v) is 4.17. The summed E-state index contributed by atoms with van der Waals surface area (Å²) in [5, 5.41) is 2.17. The van der Waals surface area contributed by atoms with E-state index in [-0.39, 0.29) is 6.42 Å². The molecule has 5 nitrogen and oxygen atoms in total. The predicted molar refractivity (Wildman–Crippen MR) is 68.7 cm³/mol. The minimum Gasteiger partial charge on any atom is -0.277 e. The van der Waals surface area contributed by atoms with Gasteiger partial charge in [0.05, 0.1) is 5.69 Å². The number of nitrogens with one attached hydrogen (secondary N) is 1. The van der Waals surface area contributed by atoms with Crippen LogP contribution in [0.2, 0.25) is 0 Å². The molecule has 1 aliphatic heterocycles. The number of urea groups is 1. The van der Waals surface area contributed by atoms with E-state index in [1.807, 2.05) is 19.9 Å². The van der Waals surface area contributed by atoms with Crippen LogP contribution in [0.4, 0.5) is 10.5 Å². The van der Waals surface area contributed by atoms with Crippen molar-refractivity contribution < 1.29 is 14.4 Å². The largest absolute Gasteiger partial charge is 0.335 e. The second-order valence-electron chi connectivity index (χ2n) is 3.99. The summed E-state index contributed by atoms with van der Waals surface area (Å²) in [4.78, 5) is 37.9. The molecule has 0 aliphatic carbocycles. The number of nitrogens with zero attached hydrogens (tertiary/aromatic N) is 1. The third kappa shape index (κ3) is 2.15. The summed E-state index contributed by atoms with van der Waals surface area (Å²) in [5.41, 5.74) is 0.620. The van der Waals surface area contributed by atoms with Gasteiger partial charge >= 0.3 is 6.03 Å². The molecule has 0 unspecified atom stereocenters. The van der Waals surface area contributed by atoms with E-state index in [9.17, 15) is 14.4 Å². The fraction of sp³-hybridized carbons (Fsp3) is 0.417. The normalized spacial score (nSPS) is 16.1. The monoisotopic (exact) mass is 266 g/mol. The Kier molecular flexibility index (Phi) is 3.47. The Morgan fingerprint density at radius 3 is 2.56 bits per heavy atom. The summed E-state index contributed by atoms with van der Waals surface area (Å²) >= 11 is 1.60. The van der Waals surface area contributed by atoms with Crippen molar-refractivity contribution in [2.45, 2.75) is 33.1 Å². The molecule has 1 aliphatic rings. The lowest BCUT2D eigenvalue weighted by Crippen LogP contribution is -2.53. The van der Waals surface area contributed by atoms with Crippen LogP contribution < -0.4 is 10.2 Å². The Labute approximate surface area is 109 Å². The zero-order chi connectivity index (χ0) is 13.3. The van der Waals surface area contributed by atoms with Gasteiger partial charge < -0.3 is 0 Å². The van der Waals surface area contributed by atoms with Gasteiger partial charge in [0.25, 0.3) is 0 Å². The number of imide groups is 2. The summed E-state index contributed by atoms with van der Waals surface area (Å²) in [6.07, 6.45) is 1.34. The number of anilines is 1. The first kappa shape index (κ1) is 12.8. The minimum absolute atomic E-state index is 0.272. The summed E-state index contributed by atoms with van der Waals surface area (Å²) in [6.45, 7) is 4.00. The van der Waals surface area contributed by atoms with E-state index >= 15 is 0 Å². The van der Waals surface area contributed by atoms with E-state index in [1.165, 1.54) is 0 Å². The second-order valence-corrected chi connectivity index (χ2v) is 5.21. The molecule has 2 heterocycles. The molecule has 1 saturated heterocycles. The Hall–Kier alpha value is -1.69. The van der Waals surface area contributed by atoms with Crippen molar-refractivity contribution in [3.8, 4) is 0 Å². The van der Waals surface area contributed by atoms with Crippen LogP contribution in [0.5, 0.6) is 0 Å². The van der Waals surface area contributed by atoms with Crippen molar-refractivity contribution in [2.75, 3.05) is 4.90 Å². The van der Waals surface area contributed by atoms with Crippen LogP contribution >= 0.6 is 11.3 Å². The molecule has 1 fully saturated rings. The third-order valence-electron chi connectivity index (χ3n) is 2.76. The van der Waals surface area contributed by atoms with Crippen LogP contribution in [0.25, 0.3) is 0 Å². The molecular formula is C12H14N2O3S. The van der Waals surface area contributed by atoms with Crippen molar-refractivity contribution in [1.82, 2.24) is 5.32 Å². The number of aryl methyl sites for hydroxylation is 2. The van der Waals surface area contributed by atoms with E-state index in [2.05, 4.69) is 5.32 Å². The molecule has 0 radical (unpaired) electrons. The Morgan fingerprint density at radius 2 is 2.00 bits per heavy atom. The number of hydrogen-bond acceptors (Lipinski definition) is 4. The van der Waals surface area contributed by atoms with Gasteiger partial charge in [-0.15, -0.1) is 11.3 Å². The van der Waals surface area contributed by atoms with Gasteiger partial charge in [0, 0.05) is 9.75 Å². The van der Waals surface area contributed by atoms with E-state index in [0.717, 1.165) is 27.5 Å². The minimum atomic E-state index is -0.647. The van der Waals surface area contributed by atoms with Crippen molar-refractivity contribution in [3.63, 3.8) is 0 Å². The maximum Gasteiger partial charge on any atom is 0.335 e. The molecule has 1 N–H and O–H groups in total. The Morgan fingerprint density at radius 1 is 1.28 bits per heavy atom. The summed E-state index contributed by atoms with van der Waals surface area (Å²) in [6, 6.07) is 1.21. The lowest BCUT2D eigenvalue weighted by molar-refractivity contribution is -0.128. The highest BCUT2D eigenvalue weighted by atomic mass is 32.1. The van der Waals surface area contributed by atoms with Crippen LogP contribution in [0.15, 0.2) is 6.07 Å². The standard InChI is InChI=1S/C12H14N2O3S/c1-3-7-5-8(9(4-2)18-7)14-11(16)6-10(15)13-12(14)17/h5H,3-4,6H2,1-2H3,(H,13,15,17). The van der Waals surface area contributed by atoms with Crippen LogP contribution in [0, 0.1) is 0 Å². The maximum absolute atomic E-state index is 11.8. The van der Waals surface area contributed by atoms with Crippen molar-refractivity contribution in [3.05, 3.63) is 15.8 Å². The zero-order valence-electron chi connectivity index (χ0n) is 10.3. The molecule has 18 heavy (non-hydrogen) atoms. The number of thiophene rings is 1. The van der Waals surface area contributed by atoms with Crippen molar-refractivity contribution in [1.29, 1.82) is 0 Å². The quantitative estimate of drug-likeness (QED) is 0.849. The van der Waals surface area contributed by atoms with E-state index in [1.54, 1.807) is 11.3 Å². The summed E-state index contributed by atoms with van der Waals surface area (Å²) < 4.78 is 0. The predicted octanol–water partition coefficient (Wildman–Crippen LogP) is 1.85. The fourth-order valence-corrected chi connectivity index (χ4v) is 2.91. The molecule has 96 valence electrons. The van der Waals surface area contributed by atoms with Crippen molar-refractivity contribution in [2.24, 2.45) is 0 Å². The first-order valence-electron chi connectivity index (χ1n) is 5.85. The van der Waals surface area contributed by atoms with Crippen LogP contribution in [-0.4, -0.2) is 17.8 Å².